The second-order valence-corrected chi connectivity index (χ2v) is 10.5. The number of amides is 1. The molecule has 1 atom stereocenters. The topological polar surface area (TPSA) is 97.5 Å². The van der Waals surface area contributed by atoms with Gasteiger partial charge in [0.15, 0.2) is 0 Å². The van der Waals surface area contributed by atoms with Crippen molar-refractivity contribution in [1.29, 1.82) is 0 Å². The van der Waals surface area contributed by atoms with Crippen LogP contribution < -0.4 is 4.90 Å². The van der Waals surface area contributed by atoms with E-state index in [-0.39, 0.29) is 29.5 Å². The number of methoxy groups -OCH3 is 1. The maximum atomic E-state index is 14.2. The molecule has 0 saturated heterocycles. The molecule has 1 unspecified atom stereocenters. The van der Waals surface area contributed by atoms with Crippen molar-refractivity contribution in [2.75, 3.05) is 12.0 Å². The third-order valence-corrected chi connectivity index (χ3v) is 7.47. The molecule has 1 aliphatic carbocycles. The molecule has 2 heterocycles. The number of aromatic hydroxyl groups is 1. The minimum absolute atomic E-state index is 0.0169. The zero-order valence-corrected chi connectivity index (χ0v) is 23.1. The second kappa shape index (κ2) is 11.7. The zero-order valence-electron chi connectivity index (χ0n) is 23.1. The summed E-state index contributed by atoms with van der Waals surface area (Å²) in [7, 11) is 1.36. The summed E-state index contributed by atoms with van der Waals surface area (Å²) in [6, 6.07) is 16.6. The predicted octanol–water partition coefficient (Wildman–Crippen LogP) is 5.60. The van der Waals surface area contributed by atoms with Crippen LogP contribution in [0, 0.1) is 0 Å². The van der Waals surface area contributed by atoms with Gasteiger partial charge in [0, 0.05) is 17.5 Å². The van der Waals surface area contributed by atoms with Gasteiger partial charge in [0.2, 0.25) is 5.91 Å². The number of carbonyl (C=O) groups excluding carboxylic acids is 2. The molecule has 2 aromatic carbocycles. The lowest BCUT2D eigenvalue weighted by Crippen LogP contribution is -2.36. The van der Waals surface area contributed by atoms with Crippen molar-refractivity contribution in [3.05, 3.63) is 107 Å². The number of esters is 1. The number of hydrogen-bond donors (Lipinski definition) is 1. The molecular weight excluding hydrogens is 504 g/mol. The molecule has 40 heavy (non-hydrogen) atoms. The van der Waals surface area contributed by atoms with Crippen LogP contribution in [0.15, 0.2) is 73.2 Å². The summed E-state index contributed by atoms with van der Waals surface area (Å²) in [5.74, 6) is -0.193. The van der Waals surface area contributed by atoms with Gasteiger partial charge >= 0.3 is 5.97 Å². The van der Waals surface area contributed by atoms with Crippen LogP contribution in [-0.4, -0.2) is 38.9 Å². The van der Waals surface area contributed by atoms with E-state index in [1.807, 2.05) is 47.3 Å². The molecule has 0 spiro atoms. The van der Waals surface area contributed by atoms with Gasteiger partial charge in [0.05, 0.1) is 49.8 Å². The second-order valence-electron chi connectivity index (χ2n) is 10.5. The zero-order chi connectivity index (χ0) is 28.2. The Labute approximate surface area is 234 Å². The van der Waals surface area contributed by atoms with E-state index < -0.39 is 0 Å². The summed E-state index contributed by atoms with van der Waals surface area (Å²) in [5, 5.41) is 15.0. The fraction of sp³-hybridized carbons (Fsp3) is 0.312. The molecule has 0 saturated carbocycles. The molecule has 0 aliphatic heterocycles. The third kappa shape index (κ3) is 5.76. The number of pyridine rings is 1. The number of rotatable bonds is 8. The molecule has 1 N–H and O–H groups in total. The van der Waals surface area contributed by atoms with Crippen molar-refractivity contribution in [2.45, 2.75) is 58.0 Å². The third-order valence-electron chi connectivity index (χ3n) is 7.47. The van der Waals surface area contributed by atoms with Gasteiger partial charge in [-0.15, -0.1) is 0 Å². The molecule has 0 radical (unpaired) electrons. The summed E-state index contributed by atoms with van der Waals surface area (Å²) in [4.78, 5) is 32.3. The van der Waals surface area contributed by atoms with Gasteiger partial charge in [-0.3, -0.25) is 14.5 Å². The van der Waals surface area contributed by atoms with Crippen molar-refractivity contribution in [3.63, 3.8) is 0 Å². The van der Waals surface area contributed by atoms with Crippen LogP contribution >= 0.6 is 0 Å². The van der Waals surface area contributed by atoms with Gasteiger partial charge < -0.3 is 14.7 Å². The minimum atomic E-state index is -0.371. The molecular formula is C32H34N4O4. The van der Waals surface area contributed by atoms with Gasteiger partial charge in [0.1, 0.15) is 5.75 Å². The SMILES string of the molecule is COC(=O)c1ccc(Cn2cc(CN(C(=O)C3CCCc4c(O)cccc43)c3ccc(C(C)C)nc3)cn2)cc1. The van der Waals surface area contributed by atoms with Gasteiger partial charge in [-0.25, -0.2) is 4.79 Å². The number of carbonyl (C=O) groups is 2. The quantitative estimate of drug-likeness (QED) is 0.294. The molecule has 4 aromatic rings. The number of phenols is 1. The first kappa shape index (κ1) is 27.1. The number of benzene rings is 2. The van der Waals surface area contributed by atoms with Crippen LogP contribution in [0.3, 0.4) is 0 Å². The highest BCUT2D eigenvalue weighted by Gasteiger charge is 2.32. The Morgan fingerprint density at radius 2 is 1.88 bits per heavy atom. The Bertz CT molecular complexity index is 1490. The lowest BCUT2D eigenvalue weighted by molar-refractivity contribution is -0.120. The van der Waals surface area contributed by atoms with E-state index in [1.165, 1.54) is 7.11 Å². The average Bonchev–Trinajstić information content (AvgIpc) is 3.42. The molecule has 8 nitrogen and oxygen atoms in total. The van der Waals surface area contributed by atoms with Crippen LogP contribution in [0.4, 0.5) is 5.69 Å². The van der Waals surface area contributed by atoms with E-state index in [2.05, 4.69) is 23.9 Å². The monoisotopic (exact) mass is 538 g/mol. The molecule has 8 heteroatoms. The predicted molar refractivity (Wildman–Crippen MR) is 152 cm³/mol. The summed E-state index contributed by atoms with van der Waals surface area (Å²) >= 11 is 0. The van der Waals surface area contributed by atoms with E-state index in [4.69, 9.17) is 4.74 Å². The normalized spacial score (nSPS) is 14.6. The minimum Gasteiger partial charge on any atom is -0.508 e. The standard InChI is InChI=1S/C32H34N4O4/c1-21(2)29-15-14-25(17-33-29)36(31(38)28-8-4-7-27-26(28)6-5-9-30(27)37)20-23-16-34-35(19-23)18-22-10-12-24(13-11-22)32(39)40-3/h5-6,9-17,19,21,28,37H,4,7-8,18,20H2,1-3H3. The first-order valence-corrected chi connectivity index (χ1v) is 13.6. The molecule has 1 amide bonds. The molecule has 0 bridgehead atoms. The van der Waals surface area contributed by atoms with Crippen molar-refractivity contribution < 1.29 is 19.4 Å². The van der Waals surface area contributed by atoms with E-state index in [0.29, 0.717) is 18.7 Å². The maximum absolute atomic E-state index is 14.2. The van der Waals surface area contributed by atoms with Crippen LogP contribution in [0.2, 0.25) is 0 Å². The maximum Gasteiger partial charge on any atom is 0.337 e. The summed E-state index contributed by atoms with van der Waals surface area (Å²) < 4.78 is 6.59. The van der Waals surface area contributed by atoms with E-state index >= 15 is 0 Å². The number of hydrogen-bond acceptors (Lipinski definition) is 6. The Kier molecular flexibility index (Phi) is 7.96. The molecule has 206 valence electrons. The van der Waals surface area contributed by atoms with Crippen molar-refractivity contribution in [2.24, 2.45) is 0 Å². The summed E-state index contributed by atoms with van der Waals surface area (Å²) in [5.41, 5.74) is 5.84. The Hall–Kier alpha value is -4.46. The lowest BCUT2D eigenvalue weighted by Gasteiger charge is -2.31. The van der Waals surface area contributed by atoms with Crippen LogP contribution in [0.5, 0.6) is 5.75 Å². The van der Waals surface area contributed by atoms with Gasteiger partial charge in [-0.2, -0.15) is 5.10 Å². The highest BCUT2D eigenvalue weighted by molar-refractivity contribution is 5.98. The molecule has 2 aromatic heterocycles. The lowest BCUT2D eigenvalue weighted by atomic mass is 9.81. The molecule has 1 aliphatic rings. The first-order valence-electron chi connectivity index (χ1n) is 13.6. The van der Waals surface area contributed by atoms with Crippen LogP contribution in [0.1, 0.15) is 76.8 Å². The Morgan fingerprint density at radius 3 is 2.58 bits per heavy atom. The van der Waals surface area contributed by atoms with E-state index in [0.717, 1.165) is 52.9 Å². The number of nitrogens with zero attached hydrogens (tertiary/aromatic N) is 4. The Morgan fingerprint density at radius 1 is 1.07 bits per heavy atom. The van der Waals surface area contributed by atoms with Crippen molar-refractivity contribution in [1.82, 2.24) is 14.8 Å². The van der Waals surface area contributed by atoms with Crippen molar-refractivity contribution in [3.8, 4) is 5.75 Å². The van der Waals surface area contributed by atoms with E-state index in [1.54, 1.807) is 35.5 Å². The highest BCUT2D eigenvalue weighted by Crippen LogP contribution is 2.38. The molecule has 0 fully saturated rings. The number of aromatic nitrogens is 3. The summed E-state index contributed by atoms with van der Waals surface area (Å²) in [6.45, 7) is 5.05. The fourth-order valence-corrected chi connectivity index (χ4v) is 5.28. The van der Waals surface area contributed by atoms with Crippen LogP contribution in [0.25, 0.3) is 0 Å². The number of ether oxygens (including phenoxy) is 1. The summed E-state index contributed by atoms with van der Waals surface area (Å²) in [6.07, 6.45) is 7.82. The molecule has 5 rings (SSSR count). The average molecular weight is 539 g/mol. The fourth-order valence-electron chi connectivity index (χ4n) is 5.28. The Balaban J connectivity index is 1.40. The van der Waals surface area contributed by atoms with Gasteiger partial charge in [-0.05, 0) is 72.2 Å². The van der Waals surface area contributed by atoms with Crippen LogP contribution in [-0.2, 0) is 29.0 Å². The van der Waals surface area contributed by atoms with Crippen molar-refractivity contribution >= 4 is 17.6 Å². The van der Waals surface area contributed by atoms with Gasteiger partial charge in [-0.1, -0.05) is 38.1 Å². The number of fused-ring (bicyclic) bond motifs is 1. The smallest absolute Gasteiger partial charge is 0.337 e. The van der Waals surface area contributed by atoms with Gasteiger partial charge in [0.25, 0.3) is 0 Å². The first-order chi connectivity index (χ1) is 19.3. The largest absolute Gasteiger partial charge is 0.508 e. The highest BCUT2D eigenvalue weighted by atomic mass is 16.5. The number of anilines is 1. The number of phenolic OH excluding ortho intramolecular Hbond substituents is 1. The van der Waals surface area contributed by atoms with E-state index in [9.17, 15) is 14.7 Å².